The fourth-order valence-corrected chi connectivity index (χ4v) is 4.79. The van der Waals surface area contributed by atoms with E-state index in [1.54, 1.807) is 31.4 Å². The molecule has 2 atom stereocenters. The first-order valence-electron chi connectivity index (χ1n) is 10.1. The minimum Gasteiger partial charge on any atom is -0.355 e. The number of Topliss-reactive ketones (excluding diaryl/α,β-unsaturated/α-hetero) is 2. The molecule has 6 nitrogen and oxygen atoms in total. The van der Waals surface area contributed by atoms with Gasteiger partial charge in [0.1, 0.15) is 0 Å². The number of H-pyrrole nitrogens is 1. The van der Waals surface area contributed by atoms with Crippen molar-refractivity contribution in [2.24, 2.45) is 0 Å². The number of carbonyl (C=O) groups is 2. The van der Waals surface area contributed by atoms with Gasteiger partial charge >= 0.3 is 0 Å². The summed E-state index contributed by atoms with van der Waals surface area (Å²) in [5.41, 5.74) is 2.90. The Kier molecular flexibility index (Phi) is 6.31. The lowest BCUT2D eigenvalue weighted by Gasteiger charge is -2.20. The second-order valence-corrected chi connectivity index (χ2v) is 8.96. The molecule has 0 bridgehead atoms. The molecule has 0 aliphatic carbocycles. The Morgan fingerprint density at radius 2 is 1.87 bits per heavy atom. The smallest absolute Gasteiger partial charge is 0.262 e. The van der Waals surface area contributed by atoms with E-state index in [0.29, 0.717) is 38.6 Å². The van der Waals surface area contributed by atoms with Crippen molar-refractivity contribution < 1.29 is 9.59 Å². The Morgan fingerprint density at radius 3 is 2.47 bits per heavy atom. The maximum Gasteiger partial charge on any atom is 0.262 e. The van der Waals surface area contributed by atoms with Crippen LogP contribution in [0.15, 0.2) is 34.2 Å². The quantitative estimate of drug-likeness (QED) is 0.331. The van der Waals surface area contributed by atoms with Crippen LogP contribution in [0.25, 0.3) is 10.9 Å². The topological polar surface area (TPSA) is 84.8 Å². The summed E-state index contributed by atoms with van der Waals surface area (Å²) in [5, 5.41) is 0.620. The number of hydrogen-bond donors (Lipinski definition) is 1. The fourth-order valence-electron chi connectivity index (χ4n) is 3.72. The molecule has 3 rings (SSSR count). The lowest BCUT2D eigenvalue weighted by Crippen LogP contribution is -2.27. The number of ketones is 2. The van der Waals surface area contributed by atoms with Crippen LogP contribution in [0.3, 0.4) is 0 Å². The predicted molar refractivity (Wildman–Crippen MR) is 121 cm³/mol. The predicted octanol–water partition coefficient (Wildman–Crippen LogP) is 4.88. The molecule has 0 amide bonds. The number of thioether (sulfide) groups is 1. The maximum absolute atomic E-state index is 13.2. The Labute approximate surface area is 180 Å². The van der Waals surface area contributed by atoms with E-state index in [-0.39, 0.29) is 23.2 Å². The first-order chi connectivity index (χ1) is 14.2. The molecule has 0 radical (unpaired) electrons. The molecule has 1 N–H and O–H groups in total. The number of hydrogen-bond acceptors (Lipinski definition) is 5. The van der Waals surface area contributed by atoms with Gasteiger partial charge in [-0.3, -0.25) is 19.0 Å². The van der Waals surface area contributed by atoms with Gasteiger partial charge in [0.15, 0.2) is 16.7 Å². The highest BCUT2D eigenvalue weighted by Gasteiger charge is 2.26. The van der Waals surface area contributed by atoms with Gasteiger partial charge < -0.3 is 4.98 Å². The summed E-state index contributed by atoms with van der Waals surface area (Å²) in [7, 11) is 0. The number of aromatic nitrogens is 3. The van der Waals surface area contributed by atoms with Crippen LogP contribution in [0.2, 0.25) is 0 Å². The summed E-state index contributed by atoms with van der Waals surface area (Å²) < 4.78 is 1.69. The molecule has 0 saturated heterocycles. The Morgan fingerprint density at radius 1 is 1.20 bits per heavy atom. The summed E-state index contributed by atoms with van der Waals surface area (Å²) in [6.07, 6.45) is 0.771. The molecule has 0 fully saturated rings. The van der Waals surface area contributed by atoms with Crippen molar-refractivity contribution in [1.29, 1.82) is 0 Å². The van der Waals surface area contributed by atoms with E-state index in [4.69, 9.17) is 4.98 Å². The van der Waals surface area contributed by atoms with Crippen LogP contribution < -0.4 is 5.56 Å². The molecular formula is C23H27N3O3S. The van der Waals surface area contributed by atoms with Gasteiger partial charge in [-0.15, -0.1) is 0 Å². The highest BCUT2D eigenvalue weighted by atomic mass is 32.2. The molecule has 0 spiro atoms. The van der Waals surface area contributed by atoms with Gasteiger partial charge in [0.25, 0.3) is 5.56 Å². The minimum absolute atomic E-state index is 0.0433. The first kappa shape index (κ1) is 22.0. The van der Waals surface area contributed by atoms with E-state index in [1.807, 2.05) is 32.0 Å². The van der Waals surface area contributed by atoms with E-state index >= 15 is 0 Å². The summed E-state index contributed by atoms with van der Waals surface area (Å²) in [4.78, 5) is 46.0. The Hall–Kier alpha value is -2.67. The number of fused-ring (bicyclic) bond motifs is 1. The van der Waals surface area contributed by atoms with Gasteiger partial charge in [-0.2, -0.15) is 0 Å². The van der Waals surface area contributed by atoms with Crippen LogP contribution in [0, 0.1) is 13.8 Å². The fraction of sp³-hybridized carbons (Fsp3) is 0.391. The standard InChI is InChI=1S/C23H27N3O3S/c1-7-12(2)26-22(29)17-10-8-9-11-18(17)25-23(26)30-16(6)21(28)20-13(3)19(15(5)27)14(4)24-20/h8-12,16,24H,7H2,1-6H3/t12-,16-/m0/s1. The molecule has 30 heavy (non-hydrogen) atoms. The SMILES string of the molecule is CC[C@H](C)n1c(S[C@@H](C)C(=O)c2[nH]c(C)c(C(C)=O)c2C)nc2ccccc2c1=O. The molecule has 2 heterocycles. The summed E-state index contributed by atoms with van der Waals surface area (Å²) >= 11 is 1.28. The second kappa shape index (κ2) is 8.60. The molecule has 0 saturated carbocycles. The lowest BCUT2D eigenvalue weighted by atomic mass is 10.0. The van der Waals surface area contributed by atoms with E-state index in [9.17, 15) is 14.4 Å². The monoisotopic (exact) mass is 425 g/mol. The molecule has 0 aliphatic rings. The minimum atomic E-state index is -0.482. The van der Waals surface area contributed by atoms with E-state index < -0.39 is 5.25 Å². The van der Waals surface area contributed by atoms with Crippen molar-refractivity contribution in [3.05, 3.63) is 57.1 Å². The number of nitrogens with zero attached hydrogens (tertiary/aromatic N) is 2. The molecule has 2 aromatic heterocycles. The van der Waals surface area contributed by atoms with Crippen molar-refractivity contribution in [2.75, 3.05) is 0 Å². The average Bonchev–Trinajstić information content (AvgIpc) is 3.01. The van der Waals surface area contributed by atoms with E-state index in [1.165, 1.54) is 18.7 Å². The molecule has 7 heteroatoms. The molecular weight excluding hydrogens is 398 g/mol. The van der Waals surface area contributed by atoms with Gasteiger partial charge in [-0.25, -0.2) is 4.98 Å². The van der Waals surface area contributed by atoms with Crippen LogP contribution in [0.5, 0.6) is 0 Å². The van der Waals surface area contributed by atoms with Crippen LogP contribution >= 0.6 is 11.8 Å². The van der Waals surface area contributed by atoms with Crippen molar-refractivity contribution in [3.63, 3.8) is 0 Å². The van der Waals surface area contributed by atoms with Gasteiger partial charge in [-0.05, 0) is 58.7 Å². The zero-order chi connectivity index (χ0) is 22.2. The van der Waals surface area contributed by atoms with Gasteiger partial charge in [0.05, 0.1) is 21.8 Å². The highest BCUT2D eigenvalue weighted by molar-refractivity contribution is 8.00. The summed E-state index contributed by atoms with van der Waals surface area (Å²) in [6, 6.07) is 7.22. The zero-order valence-corrected chi connectivity index (χ0v) is 19.0. The maximum atomic E-state index is 13.2. The molecule has 158 valence electrons. The lowest BCUT2D eigenvalue weighted by molar-refractivity contribution is 0.0988. The van der Waals surface area contributed by atoms with Crippen molar-refractivity contribution >= 4 is 34.2 Å². The van der Waals surface area contributed by atoms with E-state index in [0.717, 1.165) is 6.42 Å². The number of para-hydroxylation sites is 1. The van der Waals surface area contributed by atoms with Gasteiger partial charge in [-0.1, -0.05) is 30.8 Å². The molecule has 0 aliphatic heterocycles. The summed E-state index contributed by atoms with van der Waals surface area (Å²) in [6.45, 7) is 10.9. The van der Waals surface area contributed by atoms with Crippen molar-refractivity contribution in [1.82, 2.24) is 14.5 Å². The number of aromatic amines is 1. The zero-order valence-electron chi connectivity index (χ0n) is 18.2. The average molecular weight is 426 g/mol. The van der Waals surface area contributed by atoms with Gasteiger partial charge in [0.2, 0.25) is 0 Å². The first-order valence-corrected chi connectivity index (χ1v) is 11.0. The van der Waals surface area contributed by atoms with Crippen LogP contribution in [-0.4, -0.2) is 31.4 Å². The van der Waals surface area contributed by atoms with E-state index in [2.05, 4.69) is 4.98 Å². The number of benzene rings is 1. The van der Waals surface area contributed by atoms with Crippen LogP contribution in [-0.2, 0) is 0 Å². The molecule has 1 aromatic carbocycles. The number of rotatable bonds is 7. The van der Waals surface area contributed by atoms with Crippen LogP contribution in [0.1, 0.15) is 72.3 Å². The molecule has 0 unspecified atom stereocenters. The number of nitrogens with one attached hydrogen (secondary N) is 1. The Bertz CT molecular complexity index is 1190. The van der Waals surface area contributed by atoms with Crippen molar-refractivity contribution in [3.8, 4) is 0 Å². The Balaban J connectivity index is 2.03. The van der Waals surface area contributed by atoms with Crippen LogP contribution in [0.4, 0.5) is 0 Å². The third-order valence-electron chi connectivity index (χ3n) is 5.49. The number of aryl methyl sites for hydroxylation is 1. The second-order valence-electron chi connectivity index (χ2n) is 7.65. The third-order valence-corrected chi connectivity index (χ3v) is 6.56. The molecule has 3 aromatic rings. The highest BCUT2D eigenvalue weighted by Crippen LogP contribution is 2.29. The van der Waals surface area contributed by atoms with Crippen molar-refractivity contribution in [2.45, 2.75) is 64.4 Å². The largest absolute Gasteiger partial charge is 0.355 e. The normalized spacial score (nSPS) is 13.4. The number of carbonyl (C=O) groups excluding carboxylic acids is 2. The van der Waals surface area contributed by atoms with Gasteiger partial charge in [0, 0.05) is 17.3 Å². The summed E-state index contributed by atoms with van der Waals surface area (Å²) in [5.74, 6) is -0.186. The third kappa shape index (κ3) is 3.86.